The standard InChI is InChI=1S/C20H25N3O3S/c1-21(19-10-6-3-7-11-19)20(24)16-22-12-14-23(15-13-22)27(25,26)17-18-8-4-2-5-9-18/h2-11H,12-17H2,1H3. The number of sulfonamides is 1. The van der Waals surface area contributed by atoms with E-state index >= 15 is 0 Å². The molecule has 7 heteroatoms. The molecule has 0 N–H and O–H groups in total. The largest absolute Gasteiger partial charge is 0.314 e. The van der Waals surface area contributed by atoms with Gasteiger partial charge in [-0.2, -0.15) is 4.31 Å². The van der Waals surface area contributed by atoms with Crippen LogP contribution in [0.5, 0.6) is 0 Å². The first kappa shape index (κ1) is 19.5. The minimum absolute atomic E-state index is 0.00166. The molecule has 1 saturated heterocycles. The SMILES string of the molecule is CN(C(=O)CN1CCN(S(=O)(=O)Cc2ccccc2)CC1)c1ccccc1. The van der Waals surface area contributed by atoms with Crippen molar-refractivity contribution in [2.45, 2.75) is 5.75 Å². The first-order valence-corrected chi connectivity index (χ1v) is 10.6. The summed E-state index contributed by atoms with van der Waals surface area (Å²) in [4.78, 5) is 16.1. The number of hydrogen-bond donors (Lipinski definition) is 0. The van der Waals surface area contributed by atoms with Gasteiger partial charge in [-0.1, -0.05) is 48.5 Å². The lowest BCUT2D eigenvalue weighted by Gasteiger charge is -2.34. The fourth-order valence-electron chi connectivity index (χ4n) is 3.13. The van der Waals surface area contributed by atoms with Gasteiger partial charge in [-0.25, -0.2) is 8.42 Å². The Bertz CT molecular complexity index is 849. The molecule has 0 aliphatic carbocycles. The number of amides is 1. The predicted octanol–water partition coefficient (Wildman–Crippen LogP) is 1.80. The Morgan fingerprint density at radius 3 is 2.07 bits per heavy atom. The third-order valence-electron chi connectivity index (χ3n) is 4.79. The molecule has 2 aromatic rings. The van der Waals surface area contributed by atoms with E-state index < -0.39 is 10.0 Å². The van der Waals surface area contributed by atoms with Crippen molar-refractivity contribution in [3.05, 3.63) is 66.2 Å². The van der Waals surface area contributed by atoms with Crippen LogP contribution in [-0.2, 0) is 20.6 Å². The number of benzene rings is 2. The van der Waals surface area contributed by atoms with E-state index in [-0.39, 0.29) is 18.2 Å². The van der Waals surface area contributed by atoms with Crippen molar-refractivity contribution < 1.29 is 13.2 Å². The maximum Gasteiger partial charge on any atom is 0.240 e. The molecule has 1 heterocycles. The molecule has 27 heavy (non-hydrogen) atoms. The average molecular weight is 388 g/mol. The van der Waals surface area contributed by atoms with E-state index in [4.69, 9.17) is 0 Å². The van der Waals surface area contributed by atoms with Gasteiger partial charge < -0.3 is 4.90 Å². The molecule has 0 radical (unpaired) electrons. The monoisotopic (exact) mass is 387 g/mol. The summed E-state index contributed by atoms with van der Waals surface area (Å²) in [5.74, 6) is 0.0190. The summed E-state index contributed by atoms with van der Waals surface area (Å²) < 4.78 is 26.7. The van der Waals surface area contributed by atoms with E-state index in [9.17, 15) is 13.2 Å². The molecule has 0 bridgehead atoms. The molecule has 0 unspecified atom stereocenters. The van der Waals surface area contributed by atoms with Crippen LogP contribution < -0.4 is 4.90 Å². The first-order chi connectivity index (χ1) is 13.0. The highest BCUT2D eigenvalue weighted by molar-refractivity contribution is 7.88. The third-order valence-corrected chi connectivity index (χ3v) is 6.64. The lowest BCUT2D eigenvalue weighted by molar-refractivity contribution is -0.119. The summed E-state index contributed by atoms with van der Waals surface area (Å²) >= 11 is 0. The molecular weight excluding hydrogens is 362 g/mol. The summed E-state index contributed by atoms with van der Waals surface area (Å²) in [6.45, 7) is 2.23. The van der Waals surface area contributed by atoms with Gasteiger partial charge in [0.25, 0.3) is 0 Å². The molecule has 0 saturated carbocycles. The second-order valence-corrected chi connectivity index (χ2v) is 8.67. The molecule has 1 aliphatic rings. The second kappa shape index (κ2) is 8.65. The Morgan fingerprint density at radius 2 is 1.48 bits per heavy atom. The van der Waals surface area contributed by atoms with Crippen LogP contribution in [0, 0.1) is 0 Å². The summed E-state index contributed by atoms with van der Waals surface area (Å²) in [7, 11) is -1.57. The van der Waals surface area contributed by atoms with Crippen molar-refractivity contribution in [2.75, 3.05) is 44.7 Å². The van der Waals surface area contributed by atoms with Gasteiger partial charge >= 0.3 is 0 Å². The molecule has 1 amide bonds. The normalized spacial score (nSPS) is 16.2. The number of piperazine rings is 1. The average Bonchev–Trinajstić information content (AvgIpc) is 2.69. The van der Waals surface area contributed by atoms with Crippen LogP contribution in [0.25, 0.3) is 0 Å². The molecule has 2 aromatic carbocycles. The number of carbonyl (C=O) groups is 1. The molecule has 1 fully saturated rings. The van der Waals surface area contributed by atoms with Gasteiger partial charge in [0.2, 0.25) is 15.9 Å². The van der Waals surface area contributed by atoms with Gasteiger partial charge in [0.15, 0.2) is 0 Å². The number of nitrogens with zero attached hydrogens (tertiary/aromatic N) is 3. The number of rotatable bonds is 6. The topological polar surface area (TPSA) is 60.9 Å². The lowest BCUT2D eigenvalue weighted by Crippen LogP contribution is -2.51. The molecule has 3 rings (SSSR count). The second-order valence-electron chi connectivity index (χ2n) is 6.71. The summed E-state index contributed by atoms with van der Waals surface area (Å²) in [6, 6.07) is 18.7. The molecule has 0 spiro atoms. The highest BCUT2D eigenvalue weighted by Gasteiger charge is 2.28. The number of anilines is 1. The molecule has 0 atom stereocenters. The Kier molecular flexibility index (Phi) is 6.26. The number of para-hydroxylation sites is 1. The van der Waals surface area contributed by atoms with Crippen LogP contribution >= 0.6 is 0 Å². The maximum absolute atomic E-state index is 12.6. The molecular formula is C20H25N3O3S. The first-order valence-electron chi connectivity index (χ1n) is 9.01. The number of likely N-dealkylation sites (N-methyl/N-ethyl adjacent to an activating group) is 1. The fraction of sp³-hybridized carbons (Fsp3) is 0.350. The van der Waals surface area contributed by atoms with Crippen LogP contribution in [0.1, 0.15) is 5.56 Å². The minimum Gasteiger partial charge on any atom is -0.314 e. The van der Waals surface area contributed by atoms with Gasteiger partial charge in [-0.05, 0) is 17.7 Å². The van der Waals surface area contributed by atoms with Crippen LogP contribution in [-0.4, -0.2) is 63.3 Å². The van der Waals surface area contributed by atoms with Crippen LogP contribution in [0.4, 0.5) is 5.69 Å². The van der Waals surface area contributed by atoms with Crippen LogP contribution in [0.15, 0.2) is 60.7 Å². The zero-order chi connectivity index (χ0) is 19.3. The van der Waals surface area contributed by atoms with E-state index in [0.29, 0.717) is 26.2 Å². The van der Waals surface area contributed by atoms with Gasteiger partial charge in [-0.15, -0.1) is 0 Å². The highest BCUT2D eigenvalue weighted by Crippen LogP contribution is 2.15. The zero-order valence-corrected chi connectivity index (χ0v) is 16.3. The maximum atomic E-state index is 12.6. The Morgan fingerprint density at radius 1 is 0.926 bits per heavy atom. The van der Waals surface area contributed by atoms with E-state index in [1.165, 1.54) is 4.31 Å². The van der Waals surface area contributed by atoms with Gasteiger partial charge in [0.1, 0.15) is 0 Å². The van der Waals surface area contributed by atoms with Crippen molar-refractivity contribution >= 4 is 21.6 Å². The van der Waals surface area contributed by atoms with Gasteiger partial charge in [-0.3, -0.25) is 9.69 Å². The zero-order valence-electron chi connectivity index (χ0n) is 15.5. The van der Waals surface area contributed by atoms with E-state index in [2.05, 4.69) is 0 Å². The smallest absolute Gasteiger partial charge is 0.240 e. The minimum atomic E-state index is -3.34. The van der Waals surface area contributed by atoms with Gasteiger partial charge in [0, 0.05) is 38.9 Å². The van der Waals surface area contributed by atoms with Crippen molar-refractivity contribution in [2.24, 2.45) is 0 Å². The van der Waals surface area contributed by atoms with Crippen LogP contribution in [0.2, 0.25) is 0 Å². The molecule has 0 aromatic heterocycles. The van der Waals surface area contributed by atoms with Crippen molar-refractivity contribution in [3.63, 3.8) is 0 Å². The Labute approximate surface area is 161 Å². The Hall–Kier alpha value is -2.22. The Balaban J connectivity index is 1.52. The van der Waals surface area contributed by atoms with Crippen molar-refractivity contribution in [3.8, 4) is 0 Å². The quantitative estimate of drug-likeness (QED) is 0.758. The molecule has 6 nitrogen and oxygen atoms in total. The predicted molar refractivity (Wildman–Crippen MR) is 107 cm³/mol. The van der Waals surface area contributed by atoms with E-state index in [1.807, 2.05) is 65.6 Å². The molecule has 1 aliphatic heterocycles. The lowest BCUT2D eigenvalue weighted by atomic mass is 10.2. The van der Waals surface area contributed by atoms with Crippen LogP contribution in [0.3, 0.4) is 0 Å². The van der Waals surface area contributed by atoms with Crippen molar-refractivity contribution in [1.29, 1.82) is 0 Å². The number of hydrogen-bond acceptors (Lipinski definition) is 4. The fourth-order valence-corrected chi connectivity index (χ4v) is 4.65. The summed E-state index contributed by atoms with van der Waals surface area (Å²) in [5, 5.41) is 0. The number of carbonyl (C=O) groups excluding carboxylic acids is 1. The highest BCUT2D eigenvalue weighted by atomic mass is 32.2. The van der Waals surface area contributed by atoms with Crippen molar-refractivity contribution in [1.82, 2.24) is 9.21 Å². The van der Waals surface area contributed by atoms with E-state index in [1.54, 1.807) is 11.9 Å². The summed E-state index contributed by atoms with van der Waals surface area (Å²) in [5.41, 5.74) is 1.64. The third kappa shape index (κ3) is 5.15. The van der Waals surface area contributed by atoms with E-state index in [0.717, 1.165) is 11.3 Å². The summed E-state index contributed by atoms with van der Waals surface area (Å²) in [6.07, 6.45) is 0. The molecule has 144 valence electrons. The van der Waals surface area contributed by atoms with Gasteiger partial charge in [0.05, 0.1) is 12.3 Å².